The van der Waals surface area contributed by atoms with Crippen LogP contribution < -0.4 is 15.2 Å². The predicted molar refractivity (Wildman–Crippen MR) is 81.1 cm³/mol. The van der Waals surface area contributed by atoms with Crippen LogP contribution in [0, 0.1) is 0 Å². The zero-order valence-electron chi connectivity index (χ0n) is 11.9. The van der Waals surface area contributed by atoms with Crippen molar-refractivity contribution >= 4 is 12.0 Å². The number of carbonyl (C=O) groups is 1. The van der Waals surface area contributed by atoms with Crippen molar-refractivity contribution in [1.29, 1.82) is 0 Å². The van der Waals surface area contributed by atoms with Crippen LogP contribution in [0.15, 0.2) is 48.7 Å². The molecule has 1 aromatic heterocycles. The van der Waals surface area contributed by atoms with E-state index in [2.05, 4.69) is 0 Å². The topological polar surface area (TPSA) is 66.5 Å². The molecule has 5 heteroatoms. The highest BCUT2D eigenvalue weighted by molar-refractivity contribution is 5.90. The van der Waals surface area contributed by atoms with Crippen LogP contribution in [0.1, 0.15) is 5.69 Å². The first kappa shape index (κ1) is 14.7. The molecule has 0 unspecified atom stereocenters. The minimum Gasteiger partial charge on any atom is -0.497 e. The molecule has 0 aliphatic carbocycles. The number of amides is 1. The number of primary amides is 1. The smallest absolute Gasteiger partial charge is 0.241 e. The molecule has 2 rings (SSSR count). The zero-order valence-corrected chi connectivity index (χ0v) is 11.9. The van der Waals surface area contributed by atoms with Gasteiger partial charge in [-0.3, -0.25) is 4.79 Å². The van der Waals surface area contributed by atoms with Crippen LogP contribution in [0.4, 0.5) is 0 Å². The molecular formula is C16H18N2O3. The van der Waals surface area contributed by atoms with Crippen LogP contribution in [-0.2, 0) is 11.3 Å². The van der Waals surface area contributed by atoms with Crippen LogP contribution in [0.5, 0.6) is 11.5 Å². The molecule has 0 aliphatic rings. The molecule has 0 fully saturated rings. The molecule has 0 radical (unpaired) electrons. The molecule has 0 aliphatic heterocycles. The van der Waals surface area contributed by atoms with Crippen LogP contribution in [0.2, 0.25) is 0 Å². The number of ether oxygens (including phenoxy) is 2. The van der Waals surface area contributed by atoms with Gasteiger partial charge in [-0.15, -0.1) is 0 Å². The highest BCUT2D eigenvalue weighted by Gasteiger charge is 1.99. The molecule has 0 atom stereocenters. The van der Waals surface area contributed by atoms with E-state index >= 15 is 0 Å². The summed E-state index contributed by atoms with van der Waals surface area (Å²) in [6.07, 6.45) is 4.96. The molecule has 1 amide bonds. The average molecular weight is 286 g/mol. The van der Waals surface area contributed by atoms with Gasteiger partial charge in [-0.2, -0.15) is 0 Å². The maximum atomic E-state index is 10.7. The maximum absolute atomic E-state index is 10.7. The van der Waals surface area contributed by atoms with E-state index in [1.54, 1.807) is 13.2 Å². The monoisotopic (exact) mass is 286 g/mol. The Morgan fingerprint density at radius 2 is 1.95 bits per heavy atom. The Morgan fingerprint density at radius 3 is 2.62 bits per heavy atom. The van der Waals surface area contributed by atoms with E-state index in [9.17, 15) is 4.79 Å². The van der Waals surface area contributed by atoms with Gasteiger partial charge in [0.2, 0.25) is 5.91 Å². The molecule has 21 heavy (non-hydrogen) atoms. The average Bonchev–Trinajstić information content (AvgIpc) is 2.93. The van der Waals surface area contributed by atoms with E-state index in [1.807, 2.05) is 47.2 Å². The quantitative estimate of drug-likeness (QED) is 0.792. The fourth-order valence-corrected chi connectivity index (χ4v) is 1.88. The highest BCUT2D eigenvalue weighted by Crippen LogP contribution is 2.17. The van der Waals surface area contributed by atoms with Crippen molar-refractivity contribution in [3.63, 3.8) is 0 Å². The van der Waals surface area contributed by atoms with Crippen molar-refractivity contribution < 1.29 is 14.3 Å². The van der Waals surface area contributed by atoms with E-state index in [0.29, 0.717) is 13.2 Å². The number of aromatic nitrogens is 1. The van der Waals surface area contributed by atoms with Crippen LogP contribution in [-0.4, -0.2) is 24.2 Å². The van der Waals surface area contributed by atoms with Crippen LogP contribution in [0.25, 0.3) is 6.08 Å². The SMILES string of the molecule is COc1ccc(OCCn2cccc2/C=C/C(N)=O)cc1. The summed E-state index contributed by atoms with van der Waals surface area (Å²) in [5.74, 6) is 1.13. The van der Waals surface area contributed by atoms with E-state index in [0.717, 1.165) is 17.2 Å². The highest BCUT2D eigenvalue weighted by atomic mass is 16.5. The van der Waals surface area contributed by atoms with Crippen molar-refractivity contribution in [2.45, 2.75) is 6.54 Å². The Bertz CT molecular complexity index is 615. The number of hydrogen-bond donors (Lipinski definition) is 1. The van der Waals surface area contributed by atoms with Crippen molar-refractivity contribution in [2.75, 3.05) is 13.7 Å². The van der Waals surface area contributed by atoms with Gasteiger partial charge in [-0.05, 0) is 42.5 Å². The number of rotatable bonds is 7. The third kappa shape index (κ3) is 4.42. The summed E-state index contributed by atoms with van der Waals surface area (Å²) in [5.41, 5.74) is 6.00. The van der Waals surface area contributed by atoms with Gasteiger partial charge in [0.1, 0.15) is 18.1 Å². The molecule has 0 bridgehead atoms. The first-order chi connectivity index (χ1) is 10.2. The second-order valence-electron chi connectivity index (χ2n) is 4.39. The van der Waals surface area contributed by atoms with Crippen molar-refractivity contribution in [1.82, 2.24) is 4.57 Å². The summed E-state index contributed by atoms with van der Waals surface area (Å²) in [6, 6.07) is 11.3. The Hall–Kier alpha value is -2.69. The standard InChI is InChI=1S/C16H18N2O3/c1-20-14-5-7-15(8-6-14)21-12-11-18-10-2-3-13(18)4-9-16(17)19/h2-10H,11-12H2,1H3,(H2,17,19)/b9-4+. The van der Waals surface area contributed by atoms with Crippen LogP contribution in [0.3, 0.4) is 0 Å². The number of nitrogens with two attached hydrogens (primary N) is 1. The summed E-state index contributed by atoms with van der Waals surface area (Å²) in [6.45, 7) is 1.20. The van der Waals surface area contributed by atoms with Gasteiger partial charge in [0.15, 0.2) is 0 Å². The normalized spacial score (nSPS) is 10.7. The number of carbonyl (C=O) groups excluding carboxylic acids is 1. The predicted octanol–water partition coefficient (Wildman–Crippen LogP) is 2.07. The summed E-state index contributed by atoms with van der Waals surface area (Å²) in [7, 11) is 1.63. The fourth-order valence-electron chi connectivity index (χ4n) is 1.88. The molecule has 110 valence electrons. The van der Waals surface area contributed by atoms with E-state index in [4.69, 9.17) is 15.2 Å². The molecule has 1 aromatic carbocycles. The minimum absolute atomic E-state index is 0.461. The van der Waals surface area contributed by atoms with Gasteiger partial charge in [-0.1, -0.05) is 0 Å². The number of methoxy groups -OCH3 is 1. The largest absolute Gasteiger partial charge is 0.497 e. The molecular weight excluding hydrogens is 268 g/mol. The van der Waals surface area contributed by atoms with Crippen molar-refractivity contribution in [2.24, 2.45) is 5.73 Å². The Labute approximate surface area is 123 Å². The number of nitrogens with zero attached hydrogens (tertiary/aromatic N) is 1. The lowest BCUT2D eigenvalue weighted by Gasteiger charge is -2.09. The second kappa shape index (κ2) is 7.19. The lowest BCUT2D eigenvalue weighted by atomic mass is 10.3. The third-order valence-electron chi connectivity index (χ3n) is 2.94. The summed E-state index contributed by atoms with van der Waals surface area (Å²) in [5, 5.41) is 0. The van der Waals surface area contributed by atoms with Gasteiger partial charge in [0.05, 0.1) is 13.7 Å². The van der Waals surface area contributed by atoms with E-state index in [-0.39, 0.29) is 0 Å². The van der Waals surface area contributed by atoms with E-state index < -0.39 is 5.91 Å². The van der Waals surface area contributed by atoms with Gasteiger partial charge in [-0.25, -0.2) is 0 Å². The van der Waals surface area contributed by atoms with Gasteiger partial charge in [0.25, 0.3) is 0 Å². The maximum Gasteiger partial charge on any atom is 0.241 e. The van der Waals surface area contributed by atoms with E-state index in [1.165, 1.54) is 6.08 Å². The first-order valence-corrected chi connectivity index (χ1v) is 6.58. The molecule has 2 N–H and O–H groups in total. The summed E-state index contributed by atoms with van der Waals surface area (Å²) >= 11 is 0. The Kier molecular flexibility index (Phi) is 5.04. The molecule has 5 nitrogen and oxygen atoms in total. The summed E-state index contributed by atoms with van der Waals surface area (Å²) in [4.78, 5) is 10.7. The Morgan fingerprint density at radius 1 is 1.24 bits per heavy atom. The van der Waals surface area contributed by atoms with Gasteiger partial charge >= 0.3 is 0 Å². The zero-order chi connectivity index (χ0) is 15.1. The summed E-state index contributed by atoms with van der Waals surface area (Å²) < 4.78 is 12.7. The lowest BCUT2D eigenvalue weighted by Crippen LogP contribution is -2.09. The molecule has 0 saturated heterocycles. The molecule has 0 saturated carbocycles. The minimum atomic E-state index is -0.461. The second-order valence-corrected chi connectivity index (χ2v) is 4.39. The van der Waals surface area contributed by atoms with Gasteiger partial charge in [0, 0.05) is 18.0 Å². The van der Waals surface area contributed by atoms with Crippen molar-refractivity contribution in [3.8, 4) is 11.5 Å². The number of benzene rings is 1. The van der Waals surface area contributed by atoms with Crippen LogP contribution >= 0.6 is 0 Å². The lowest BCUT2D eigenvalue weighted by molar-refractivity contribution is -0.113. The Balaban J connectivity index is 1.88. The van der Waals surface area contributed by atoms with Gasteiger partial charge < -0.3 is 19.8 Å². The molecule has 1 heterocycles. The van der Waals surface area contributed by atoms with Crippen molar-refractivity contribution in [3.05, 3.63) is 54.4 Å². The molecule has 0 spiro atoms. The molecule has 2 aromatic rings. The third-order valence-corrected chi connectivity index (χ3v) is 2.94. The fraction of sp³-hybridized carbons (Fsp3) is 0.188. The first-order valence-electron chi connectivity index (χ1n) is 6.58. The number of hydrogen-bond acceptors (Lipinski definition) is 3.